The molecule has 0 spiro atoms. The molecule has 1 amide bonds. The van der Waals surface area contributed by atoms with E-state index in [-0.39, 0.29) is 11.5 Å². The number of amides is 1. The molecule has 0 radical (unpaired) electrons. The van der Waals surface area contributed by atoms with Gasteiger partial charge in [-0.3, -0.25) is 14.2 Å². The van der Waals surface area contributed by atoms with Crippen LogP contribution in [0.25, 0.3) is 28.2 Å². The van der Waals surface area contributed by atoms with Crippen molar-refractivity contribution < 1.29 is 4.79 Å². The maximum Gasteiger partial charge on any atom is 0.266 e. The zero-order valence-electron chi connectivity index (χ0n) is 15.1. The quantitative estimate of drug-likeness (QED) is 0.503. The molecule has 5 rings (SSSR count). The van der Waals surface area contributed by atoms with Crippen molar-refractivity contribution in [2.45, 2.75) is 0 Å². The number of benzene rings is 3. The summed E-state index contributed by atoms with van der Waals surface area (Å²) in [4.78, 5) is 30.6. The van der Waals surface area contributed by atoms with Crippen molar-refractivity contribution in [2.24, 2.45) is 0 Å². The zero-order valence-corrected chi connectivity index (χ0v) is 15.9. The van der Waals surface area contributed by atoms with E-state index in [1.165, 1.54) is 4.57 Å². The number of hydrogen-bond donors (Lipinski definition) is 1. The Labute approximate surface area is 170 Å². The number of carbonyl (C=O) groups excluding carboxylic acids is 1. The molecular weight excluding hydrogens is 386 g/mol. The maximum atomic E-state index is 13.3. The van der Waals surface area contributed by atoms with E-state index in [1.807, 2.05) is 30.3 Å². The summed E-state index contributed by atoms with van der Waals surface area (Å²) in [6, 6.07) is 21.6. The molecule has 0 aliphatic carbocycles. The molecule has 6 heteroatoms. The lowest BCUT2D eigenvalue weighted by Gasteiger charge is -2.13. The molecule has 5 nitrogen and oxygen atoms in total. The second-order valence-corrected chi connectivity index (χ2v) is 7.04. The fourth-order valence-electron chi connectivity index (χ4n) is 3.52. The lowest BCUT2D eigenvalue weighted by molar-refractivity contribution is -0.110. The van der Waals surface area contributed by atoms with Crippen LogP contribution >= 0.6 is 11.6 Å². The number of rotatable bonds is 2. The van der Waals surface area contributed by atoms with Gasteiger partial charge < -0.3 is 5.32 Å². The van der Waals surface area contributed by atoms with Crippen molar-refractivity contribution in [3.05, 3.63) is 99.6 Å². The normalized spacial score (nSPS) is 14.2. The third-order valence-electron chi connectivity index (χ3n) is 4.88. The molecule has 2 heterocycles. The van der Waals surface area contributed by atoms with Gasteiger partial charge in [0.05, 0.1) is 27.2 Å². The van der Waals surface area contributed by atoms with Crippen LogP contribution in [0.5, 0.6) is 0 Å². The first-order chi connectivity index (χ1) is 14.1. The monoisotopic (exact) mass is 399 g/mol. The summed E-state index contributed by atoms with van der Waals surface area (Å²) in [7, 11) is 0. The van der Waals surface area contributed by atoms with Crippen molar-refractivity contribution in [3.63, 3.8) is 0 Å². The third-order valence-corrected chi connectivity index (χ3v) is 5.20. The van der Waals surface area contributed by atoms with Crippen LogP contribution in [0, 0.1) is 0 Å². The highest BCUT2D eigenvalue weighted by atomic mass is 35.5. The minimum atomic E-state index is -0.248. The van der Waals surface area contributed by atoms with Gasteiger partial charge in [0.2, 0.25) is 0 Å². The number of fused-ring (bicyclic) bond motifs is 2. The van der Waals surface area contributed by atoms with E-state index in [1.54, 1.807) is 48.5 Å². The van der Waals surface area contributed by atoms with Crippen LogP contribution in [0.15, 0.2) is 77.6 Å². The highest BCUT2D eigenvalue weighted by molar-refractivity contribution is 6.35. The van der Waals surface area contributed by atoms with E-state index in [9.17, 15) is 9.59 Å². The molecule has 0 bridgehead atoms. The largest absolute Gasteiger partial charge is 0.321 e. The number of para-hydroxylation sites is 3. The number of aromatic nitrogens is 2. The average Bonchev–Trinajstić information content (AvgIpc) is 3.04. The van der Waals surface area contributed by atoms with Crippen LogP contribution in [0.1, 0.15) is 11.4 Å². The molecule has 3 aromatic carbocycles. The average molecular weight is 400 g/mol. The third kappa shape index (κ3) is 2.83. The summed E-state index contributed by atoms with van der Waals surface area (Å²) >= 11 is 6.39. The van der Waals surface area contributed by atoms with Crippen LogP contribution in [-0.2, 0) is 4.79 Å². The number of halogens is 1. The predicted octanol–water partition coefficient (Wildman–Crippen LogP) is 4.53. The number of anilines is 1. The molecule has 0 atom stereocenters. The molecule has 0 unspecified atom stereocenters. The van der Waals surface area contributed by atoms with Crippen LogP contribution in [0.4, 0.5) is 5.69 Å². The van der Waals surface area contributed by atoms with Gasteiger partial charge in [0.25, 0.3) is 11.5 Å². The first-order valence-corrected chi connectivity index (χ1v) is 9.40. The van der Waals surface area contributed by atoms with Gasteiger partial charge >= 0.3 is 0 Å². The van der Waals surface area contributed by atoms with Crippen molar-refractivity contribution >= 4 is 45.7 Å². The molecule has 29 heavy (non-hydrogen) atoms. The minimum Gasteiger partial charge on any atom is -0.321 e. The van der Waals surface area contributed by atoms with Gasteiger partial charge in [0.1, 0.15) is 5.82 Å². The molecule has 1 aliphatic heterocycles. The molecule has 0 saturated carbocycles. The zero-order chi connectivity index (χ0) is 20.0. The van der Waals surface area contributed by atoms with Crippen molar-refractivity contribution in [2.75, 3.05) is 5.32 Å². The summed E-state index contributed by atoms with van der Waals surface area (Å²) in [5.41, 5.74) is 2.77. The van der Waals surface area contributed by atoms with Crippen molar-refractivity contribution in [3.8, 4) is 5.69 Å². The molecule has 1 aliphatic rings. The van der Waals surface area contributed by atoms with Gasteiger partial charge in [-0.05, 0) is 36.4 Å². The minimum absolute atomic E-state index is 0.237. The van der Waals surface area contributed by atoms with E-state index in [2.05, 4.69) is 10.3 Å². The van der Waals surface area contributed by atoms with Gasteiger partial charge in [0.15, 0.2) is 0 Å². The van der Waals surface area contributed by atoms with Crippen LogP contribution in [-0.4, -0.2) is 15.5 Å². The number of nitrogens with zero attached hydrogens (tertiary/aromatic N) is 2. The number of nitrogens with one attached hydrogen (secondary N) is 1. The Balaban J connectivity index is 1.85. The van der Waals surface area contributed by atoms with Crippen molar-refractivity contribution in [1.82, 2.24) is 9.55 Å². The van der Waals surface area contributed by atoms with E-state index < -0.39 is 0 Å². The topological polar surface area (TPSA) is 64.0 Å². The summed E-state index contributed by atoms with van der Waals surface area (Å²) in [5, 5.41) is 3.74. The highest BCUT2D eigenvalue weighted by Gasteiger charge is 2.25. The molecule has 4 aromatic rings. The molecule has 0 fully saturated rings. The Morgan fingerprint density at radius 2 is 1.62 bits per heavy atom. The molecular formula is C23H14ClN3O2. The summed E-state index contributed by atoms with van der Waals surface area (Å²) < 4.78 is 1.45. The fourth-order valence-corrected chi connectivity index (χ4v) is 3.74. The Kier molecular flexibility index (Phi) is 4.03. The van der Waals surface area contributed by atoms with Crippen LogP contribution < -0.4 is 10.9 Å². The first-order valence-electron chi connectivity index (χ1n) is 9.02. The van der Waals surface area contributed by atoms with E-state index >= 15 is 0 Å². The van der Waals surface area contributed by atoms with Gasteiger partial charge in [-0.25, -0.2) is 4.98 Å². The van der Waals surface area contributed by atoms with E-state index in [0.29, 0.717) is 33.0 Å². The highest BCUT2D eigenvalue weighted by Crippen LogP contribution is 2.33. The van der Waals surface area contributed by atoms with Crippen LogP contribution in [0.3, 0.4) is 0 Å². The van der Waals surface area contributed by atoms with Gasteiger partial charge in [-0.15, -0.1) is 0 Å². The summed E-state index contributed by atoms with van der Waals surface area (Å²) in [5.74, 6) is 0.1000. The Morgan fingerprint density at radius 1 is 0.897 bits per heavy atom. The Bertz CT molecular complexity index is 1390. The first kappa shape index (κ1) is 17.4. The SMILES string of the molecule is O=C1Nc2ccccc2C1=Cc1nc2ccccc2c(=O)n1-c1ccccc1Cl. The van der Waals surface area contributed by atoms with Gasteiger partial charge in [-0.1, -0.05) is 54.1 Å². The van der Waals surface area contributed by atoms with Gasteiger partial charge in [-0.2, -0.15) is 0 Å². The summed E-state index contributed by atoms with van der Waals surface area (Å²) in [6.45, 7) is 0. The standard InChI is InChI=1S/C23H14ClN3O2/c24-17-9-3-6-12-20(17)27-21(25-19-11-5-2-8-15(19)23(27)29)13-16-14-7-1-4-10-18(14)26-22(16)28/h1-13H,(H,26,28). The fraction of sp³-hybridized carbons (Fsp3) is 0. The number of hydrogen-bond acceptors (Lipinski definition) is 3. The molecule has 140 valence electrons. The van der Waals surface area contributed by atoms with E-state index in [4.69, 9.17) is 11.6 Å². The lowest BCUT2D eigenvalue weighted by atomic mass is 10.1. The second kappa shape index (κ2) is 6.72. The predicted molar refractivity (Wildman–Crippen MR) is 115 cm³/mol. The Hall–Kier alpha value is -3.70. The Morgan fingerprint density at radius 3 is 2.48 bits per heavy atom. The van der Waals surface area contributed by atoms with Crippen LogP contribution in [0.2, 0.25) is 5.02 Å². The van der Waals surface area contributed by atoms with Crippen molar-refractivity contribution in [1.29, 1.82) is 0 Å². The summed E-state index contributed by atoms with van der Waals surface area (Å²) in [6.07, 6.45) is 1.64. The lowest BCUT2D eigenvalue weighted by Crippen LogP contribution is -2.23. The molecule has 1 N–H and O–H groups in total. The number of carbonyl (C=O) groups is 1. The maximum absolute atomic E-state index is 13.3. The molecule has 0 saturated heterocycles. The van der Waals surface area contributed by atoms with E-state index in [0.717, 1.165) is 11.3 Å². The smallest absolute Gasteiger partial charge is 0.266 e. The molecule has 1 aromatic heterocycles. The van der Waals surface area contributed by atoms with Gasteiger partial charge in [0, 0.05) is 11.3 Å². The second-order valence-electron chi connectivity index (χ2n) is 6.64.